The van der Waals surface area contributed by atoms with Gasteiger partial charge in [0.2, 0.25) is 0 Å². The zero-order valence-electron chi connectivity index (χ0n) is 11.3. The van der Waals surface area contributed by atoms with Crippen molar-refractivity contribution in [2.75, 3.05) is 11.4 Å². The molecule has 0 saturated heterocycles. The van der Waals surface area contributed by atoms with Gasteiger partial charge in [0.15, 0.2) is 0 Å². The van der Waals surface area contributed by atoms with Crippen LogP contribution in [-0.4, -0.2) is 17.4 Å². The number of nitrogens with one attached hydrogen (secondary N) is 1. The quantitative estimate of drug-likeness (QED) is 0.649. The molecule has 3 N–H and O–H groups in total. The lowest BCUT2D eigenvalue weighted by Gasteiger charge is -2.25. The molecule has 1 aromatic carbocycles. The maximum atomic E-state index is 7.74. The molecule has 0 saturated carbocycles. The molecular weight excluding hydrogens is 248 g/mol. The van der Waals surface area contributed by atoms with Gasteiger partial charge in [-0.15, -0.1) is 0 Å². The highest BCUT2D eigenvalue weighted by Crippen LogP contribution is 2.32. The molecule has 1 aromatic heterocycles. The van der Waals surface area contributed by atoms with Crippen molar-refractivity contribution in [2.45, 2.75) is 19.3 Å². The molecule has 0 aliphatic carbocycles. The second-order valence-corrected chi connectivity index (χ2v) is 5.03. The standard InChI is InChI=1S/C16H18N4/c17-15(18)13-8-5-10-19-16(13)20-11-4-3-7-12-6-1-2-9-14(12)20/h1-2,5-6,8-10H,3-4,7,11H2,(H3,17,18). The number of hydrogen-bond acceptors (Lipinski definition) is 3. The van der Waals surface area contributed by atoms with Crippen molar-refractivity contribution in [1.82, 2.24) is 4.98 Å². The Morgan fingerprint density at radius 2 is 2.00 bits per heavy atom. The topological polar surface area (TPSA) is 66.0 Å². The van der Waals surface area contributed by atoms with Crippen molar-refractivity contribution in [1.29, 1.82) is 5.41 Å². The molecule has 0 fully saturated rings. The van der Waals surface area contributed by atoms with E-state index in [0.29, 0.717) is 5.56 Å². The Labute approximate surface area is 118 Å². The maximum absolute atomic E-state index is 7.74. The summed E-state index contributed by atoms with van der Waals surface area (Å²) in [6.45, 7) is 0.911. The zero-order valence-corrected chi connectivity index (χ0v) is 11.3. The highest BCUT2D eigenvalue weighted by molar-refractivity contribution is 6.00. The Kier molecular flexibility index (Phi) is 3.37. The van der Waals surface area contributed by atoms with Crippen LogP contribution in [0.1, 0.15) is 24.0 Å². The van der Waals surface area contributed by atoms with E-state index in [1.165, 1.54) is 17.7 Å². The van der Waals surface area contributed by atoms with Gasteiger partial charge >= 0.3 is 0 Å². The number of amidine groups is 1. The van der Waals surface area contributed by atoms with E-state index in [1.54, 1.807) is 6.20 Å². The summed E-state index contributed by atoms with van der Waals surface area (Å²) in [5, 5.41) is 7.74. The minimum absolute atomic E-state index is 0.0647. The summed E-state index contributed by atoms with van der Waals surface area (Å²) >= 11 is 0. The zero-order chi connectivity index (χ0) is 13.9. The van der Waals surface area contributed by atoms with Gasteiger partial charge in [-0.1, -0.05) is 18.2 Å². The number of fused-ring (bicyclic) bond motifs is 1. The molecule has 0 spiro atoms. The molecular formula is C16H18N4. The number of benzene rings is 1. The smallest absolute Gasteiger partial charge is 0.143 e. The van der Waals surface area contributed by atoms with Gasteiger partial charge in [-0.25, -0.2) is 4.98 Å². The van der Waals surface area contributed by atoms with E-state index in [4.69, 9.17) is 11.1 Å². The molecule has 0 radical (unpaired) electrons. The van der Waals surface area contributed by atoms with E-state index in [0.717, 1.165) is 25.2 Å². The third-order valence-electron chi connectivity index (χ3n) is 3.69. The molecule has 0 amide bonds. The number of pyridine rings is 1. The number of aromatic nitrogens is 1. The van der Waals surface area contributed by atoms with E-state index in [-0.39, 0.29) is 5.84 Å². The van der Waals surface area contributed by atoms with Gasteiger partial charge < -0.3 is 10.6 Å². The number of anilines is 2. The minimum atomic E-state index is 0.0647. The van der Waals surface area contributed by atoms with Crippen LogP contribution in [0.25, 0.3) is 0 Å². The fourth-order valence-corrected chi connectivity index (χ4v) is 2.73. The maximum Gasteiger partial charge on any atom is 0.143 e. The van der Waals surface area contributed by atoms with Gasteiger partial charge in [0.05, 0.1) is 5.56 Å². The van der Waals surface area contributed by atoms with E-state index in [1.807, 2.05) is 18.2 Å². The Morgan fingerprint density at radius 3 is 2.85 bits per heavy atom. The largest absolute Gasteiger partial charge is 0.384 e. The van der Waals surface area contributed by atoms with Crippen LogP contribution in [0.3, 0.4) is 0 Å². The minimum Gasteiger partial charge on any atom is -0.384 e. The molecule has 102 valence electrons. The number of nitrogens with zero attached hydrogens (tertiary/aromatic N) is 2. The Morgan fingerprint density at radius 1 is 1.15 bits per heavy atom. The van der Waals surface area contributed by atoms with Crippen molar-refractivity contribution < 1.29 is 0 Å². The number of para-hydroxylation sites is 1. The molecule has 0 unspecified atom stereocenters. The lowest BCUT2D eigenvalue weighted by Crippen LogP contribution is -2.24. The molecule has 4 nitrogen and oxygen atoms in total. The number of aryl methyl sites for hydroxylation is 1. The summed E-state index contributed by atoms with van der Waals surface area (Å²) in [6, 6.07) is 12.1. The summed E-state index contributed by atoms with van der Waals surface area (Å²) in [5.74, 6) is 0.851. The van der Waals surface area contributed by atoms with E-state index >= 15 is 0 Å². The van der Waals surface area contributed by atoms with Crippen LogP contribution in [0, 0.1) is 5.41 Å². The van der Waals surface area contributed by atoms with Crippen molar-refractivity contribution in [3.05, 3.63) is 53.7 Å². The van der Waals surface area contributed by atoms with Gasteiger partial charge in [0.25, 0.3) is 0 Å². The van der Waals surface area contributed by atoms with Gasteiger partial charge in [-0.3, -0.25) is 5.41 Å². The van der Waals surface area contributed by atoms with Crippen molar-refractivity contribution >= 4 is 17.3 Å². The molecule has 3 rings (SSSR count). The number of nitrogens with two attached hydrogens (primary N) is 1. The van der Waals surface area contributed by atoms with Gasteiger partial charge in [0.1, 0.15) is 11.7 Å². The lowest BCUT2D eigenvalue weighted by molar-refractivity contribution is 0.757. The average molecular weight is 266 g/mol. The summed E-state index contributed by atoms with van der Waals surface area (Å²) in [6.07, 6.45) is 5.14. The van der Waals surface area contributed by atoms with Crippen LogP contribution < -0.4 is 10.6 Å². The molecule has 1 aliphatic heterocycles. The molecule has 2 aromatic rings. The van der Waals surface area contributed by atoms with Gasteiger partial charge in [0, 0.05) is 18.4 Å². The second kappa shape index (κ2) is 5.33. The second-order valence-electron chi connectivity index (χ2n) is 5.03. The van der Waals surface area contributed by atoms with E-state index in [2.05, 4.69) is 28.1 Å². The highest BCUT2D eigenvalue weighted by Gasteiger charge is 2.20. The first-order valence-corrected chi connectivity index (χ1v) is 6.92. The average Bonchev–Trinajstić information content (AvgIpc) is 2.69. The van der Waals surface area contributed by atoms with Gasteiger partial charge in [-0.2, -0.15) is 0 Å². The van der Waals surface area contributed by atoms with E-state index < -0.39 is 0 Å². The normalized spacial score (nSPS) is 14.5. The summed E-state index contributed by atoms with van der Waals surface area (Å²) in [4.78, 5) is 6.66. The first kappa shape index (κ1) is 12.7. The lowest BCUT2D eigenvalue weighted by atomic mass is 10.1. The predicted molar refractivity (Wildman–Crippen MR) is 81.6 cm³/mol. The van der Waals surface area contributed by atoms with Crippen LogP contribution in [0.2, 0.25) is 0 Å². The first-order chi connectivity index (χ1) is 9.77. The van der Waals surface area contributed by atoms with E-state index in [9.17, 15) is 0 Å². The monoisotopic (exact) mass is 266 g/mol. The van der Waals surface area contributed by atoms with Crippen LogP contribution in [-0.2, 0) is 6.42 Å². The Hall–Kier alpha value is -2.36. The Bertz CT molecular complexity index is 636. The van der Waals surface area contributed by atoms with Gasteiger partial charge in [-0.05, 0) is 43.0 Å². The fourth-order valence-electron chi connectivity index (χ4n) is 2.73. The molecule has 20 heavy (non-hydrogen) atoms. The number of hydrogen-bond donors (Lipinski definition) is 2. The van der Waals surface area contributed by atoms with Crippen molar-refractivity contribution in [3.63, 3.8) is 0 Å². The first-order valence-electron chi connectivity index (χ1n) is 6.92. The molecule has 0 atom stereocenters. The van der Waals surface area contributed by atoms with Crippen molar-refractivity contribution in [2.24, 2.45) is 5.73 Å². The van der Waals surface area contributed by atoms with Crippen LogP contribution in [0.15, 0.2) is 42.6 Å². The fraction of sp³-hybridized carbons (Fsp3) is 0.250. The molecule has 2 heterocycles. The van der Waals surface area contributed by atoms with Crippen molar-refractivity contribution in [3.8, 4) is 0 Å². The number of rotatable bonds is 2. The van der Waals surface area contributed by atoms with Crippen LogP contribution in [0.4, 0.5) is 11.5 Å². The predicted octanol–water partition coefficient (Wildman–Crippen LogP) is 2.84. The van der Waals surface area contributed by atoms with Crippen LogP contribution in [0.5, 0.6) is 0 Å². The van der Waals surface area contributed by atoms with Crippen LogP contribution >= 0.6 is 0 Å². The SMILES string of the molecule is N=C(N)c1cccnc1N1CCCCc2ccccc21. The number of nitrogen functional groups attached to an aromatic ring is 1. The third-order valence-corrected chi connectivity index (χ3v) is 3.69. The Balaban J connectivity index is 2.13. The summed E-state index contributed by atoms with van der Waals surface area (Å²) < 4.78 is 0. The molecule has 4 heteroatoms. The molecule has 0 bridgehead atoms. The highest BCUT2D eigenvalue weighted by atomic mass is 15.2. The molecule has 1 aliphatic rings. The summed E-state index contributed by atoms with van der Waals surface area (Å²) in [5.41, 5.74) is 8.92. The summed E-state index contributed by atoms with van der Waals surface area (Å²) in [7, 11) is 0. The third kappa shape index (κ3) is 2.25.